The number of rotatable bonds is 6. The maximum Gasteiger partial charge on any atom is 0.344 e. The molecule has 34 heavy (non-hydrogen) atoms. The molecule has 174 valence electrons. The highest BCUT2D eigenvalue weighted by molar-refractivity contribution is 7.43. The number of esters is 3. The van der Waals surface area contributed by atoms with Crippen LogP contribution in [0.4, 0.5) is 0 Å². The second-order valence-electron chi connectivity index (χ2n) is 8.93. The summed E-state index contributed by atoms with van der Waals surface area (Å²) < 4.78 is 23.0. The lowest BCUT2D eigenvalue weighted by Gasteiger charge is -2.29. The molecule has 1 aliphatic heterocycles. The Kier molecular flexibility index (Phi) is 5.06. The van der Waals surface area contributed by atoms with E-state index < -0.39 is 42.0 Å². The van der Waals surface area contributed by atoms with Gasteiger partial charge in [-0.05, 0) is 30.7 Å². The van der Waals surface area contributed by atoms with Crippen LogP contribution in [0.1, 0.15) is 6.42 Å². The standard InChI is InChI=1S/C26H23O7S/c1-30-25(28)21-17-12-18-22(21)26(29)33-24(18)23(17)32-20(27)13-31-15-6-8-16(9-7-15)34-11-10-14-4-2-3-5-19(14)34/h2-11,17-18,21-24H,12-13H2,1H3/q+1. The van der Waals surface area contributed by atoms with Crippen molar-refractivity contribution >= 4 is 38.5 Å². The van der Waals surface area contributed by atoms with Crippen molar-refractivity contribution in [2.75, 3.05) is 13.7 Å². The molecule has 2 aliphatic carbocycles. The number of thiophene rings is 1. The molecule has 7 unspecified atom stereocenters. The zero-order chi connectivity index (χ0) is 23.4. The zero-order valence-corrected chi connectivity index (χ0v) is 19.2. The zero-order valence-electron chi connectivity index (χ0n) is 18.4. The third kappa shape index (κ3) is 3.27. The molecular formula is C26H23O7S+. The molecule has 0 spiro atoms. The first kappa shape index (κ1) is 21.2. The van der Waals surface area contributed by atoms with E-state index in [0.717, 1.165) is 0 Å². The molecule has 1 aromatic heterocycles. The second kappa shape index (κ2) is 8.13. The summed E-state index contributed by atoms with van der Waals surface area (Å²) in [5.74, 6) is -2.34. The maximum absolute atomic E-state index is 12.6. The van der Waals surface area contributed by atoms with Crippen LogP contribution in [-0.4, -0.2) is 43.8 Å². The van der Waals surface area contributed by atoms with Gasteiger partial charge in [-0.15, -0.1) is 0 Å². The summed E-state index contributed by atoms with van der Waals surface area (Å²) in [5.41, 5.74) is 0. The first-order chi connectivity index (χ1) is 16.5. The van der Waals surface area contributed by atoms with Gasteiger partial charge < -0.3 is 18.9 Å². The molecule has 3 aromatic rings. The minimum atomic E-state index is -0.648. The highest BCUT2D eigenvalue weighted by Crippen LogP contribution is 2.58. The number of fused-ring (bicyclic) bond motifs is 2. The molecule has 2 heterocycles. The minimum absolute atomic E-state index is 0.108. The Hall–Kier alpha value is -3.39. The van der Waals surface area contributed by atoms with Crippen LogP contribution in [0.2, 0.25) is 0 Å². The number of methoxy groups -OCH3 is 1. The number of hydrogen-bond acceptors (Lipinski definition) is 7. The first-order valence-corrected chi connectivity index (χ1v) is 12.5. The van der Waals surface area contributed by atoms with Crippen molar-refractivity contribution in [1.29, 1.82) is 0 Å². The predicted octanol–water partition coefficient (Wildman–Crippen LogP) is 3.85. The largest absolute Gasteiger partial charge is 0.482 e. The van der Waals surface area contributed by atoms with Gasteiger partial charge in [0.1, 0.15) is 23.3 Å². The van der Waals surface area contributed by atoms with Crippen LogP contribution in [0.3, 0.4) is 0 Å². The summed E-state index contributed by atoms with van der Waals surface area (Å²) in [7, 11) is 1.19. The summed E-state index contributed by atoms with van der Waals surface area (Å²) in [6, 6.07) is 18.2. The number of carbonyl (C=O) groups excluding carboxylic acids is 3. The van der Waals surface area contributed by atoms with Crippen LogP contribution in [0.25, 0.3) is 15.0 Å². The fourth-order valence-corrected chi connectivity index (χ4v) is 7.74. The third-order valence-electron chi connectivity index (χ3n) is 7.26. The average molecular weight is 480 g/mol. The SMILES string of the molecule is COC(=O)C1C2CC3C(OC(=O)C31)C2OC(=O)COc1ccc(-[s+]2ccc3ccccc32)cc1. The highest BCUT2D eigenvalue weighted by atomic mass is 32.2. The lowest BCUT2D eigenvalue weighted by atomic mass is 9.78. The van der Waals surface area contributed by atoms with E-state index in [1.807, 2.05) is 36.4 Å². The Morgan fingerprint density at radius 1 is 1.06 bits per heavy atom. The van der Waals surface area contributed by atoms with E-state index in [4.69, 9.17) is 18.9 Å². The molecule has 8 heteroatoms. The Labute approximate surface area is 198 Å². The van der Waals surface area contributed by atoms with Gasteiger partial charge in [-0.3, -0.25) is 9.59 Å². The molecule has 1 saturated heterocycles. The average Bonchev–Trinajstić information content (AvgIpc) is 3.59. The summed E-state index contributed by atoms with van der Waals surface area (Å²) in [5, 5.41) is 3.44. The molecule has 0 amide bonds. The number of carbonyl (C=O) groups is 3. The molecule has 2 saturated carbocycles. The van der Waals surface area contributed by atoms with Gasteiger partial charge in [-0.1, -0.05) is 12.1 Å². The van der Waals surface area contributed by atoms with Crippen LogP contribution in [0.5, 0.6) is 5.75 Å². The van der Waals surface area contributed by atoms with Gasteiger partial charge in [0.05, 0.1) is 18.9 Å². The van der Waals surface area contributed by atoms with Crippen LogP contribution in [-0.2, 0) is 28.6 Å². The molecule has 0 radical (unpaired) electrons. The van der Waals surface area contributed by atoms with Gasteiger partial charge in [0, 0.05) is 45.9 Å². The van der Waals surface area contributed by atoms with Gasteiger partial charge in [0.15, 0.2) is 16.2 Å². The van der Waals surface area contributed by atoms with E-state index >= 15 is 0 Å². The quantitative estimate of drug-likeness (QED) is 0.301. The normalized spacial score (nSPS) is 29.2. The van der Waals surface area contributed by atoms with Gasteiger partial charge >= 0.3 is 17.9 Å². The van der Waals surface area contributed by atoms with E-state index in [1.165, 1.54) is 22.1 Å². The fourth-order valence-electron chi connectivity index (χ4n) is 5.85. The van der Waals surface area contributed by atoms with Gasteiger partial charge in [-0.2, -0.15) is 0 Å². The van der Waals surface area contributed by atoms with E-state index in [1.54, 1.807) is 0 Å². The van der Waals surface area contributed by atoms with Crippen LogP contribution >= 0.6 is 10.5 Å². The van der Waals surface area contributed by atoms with Gasteiger partial charge in [0.25, 0.3) is 0 Å². The van der Waals surface area contributed by atoms with Crippen molar-refractivity contribution < 1.29 is 33.3 Å². The minimum Gasteiger partial charge on any atom is -0.482 e. The molecule has 6 rings (SSSR count). The van der Waals surface area contributed by atoms with Crippen molar-refractivity contribution in [1.82, 2.24) is 0 Å². The molecule has 7 nitrogen and oxygen atoms in total. The second-order valence-corrected chi connectivity index (χ2v) is 10.8. The van der Waals surface area contributed by atoms with E-state index in [2.05, 4.69) is 23.6 Å². The Morgan fingerprint density at radius 3 is 2.65 bits per heavy atom. The van der Waals surface area contributed by atoms with Gasteiger partial charge in [0.2, 0.25) is 0 Å². The smallest absolute Gasteiger partial charge is 0.344 e. The number of ether oxygens (including phenoxy) is 4. The maximum atomic E-state index is 12.6. The Balaban J connectivity index is 1.10. The van der Waals surface area contributed by atoms with Crippen molar-refractivity contribution in [2.24, 2.45) is 23.7 Å². The van der Waals surface area contributed by atoms with Crippen LogP contribution in [0.15, 0.2) is 60.0 Å². The number of hydrogen-bond donors (Lipinski definition) is 0. The summed E-state index contributed by atoms with van der Waals surface area (Å²) in [4.78, 5) is 38.3. The van der Waals surface area contributed by atoms with Crippen LogP contribution in [0, 0.1) is 23.7 Å². The summed E-state index contributed by atoms with van der Waals surface area (Å²) >= 11 is 0. The van der Waals surface area contributed by atoms with Crippen LogP contribution < -0.4 is 4.74 Å². The van der Waals surface area contributed by atoms with Crippen molar-refractivity contribution in [3.63, 3.8) is 0 Å². The van der Waals surface area contributed by atoms with E-state index in [-0.39, 0.29) is 28.9 Å². The molecule has 3 aliphatic rings. The fraction of sp³-hybridized carbons (Fsp3) is 0.346. The molecule has 0 N–H and O–H groups in total. The Morgan fingerprint density at radius 2 is 1.85 bits per heavy atom. The predicted molar refractivity (Wildman–Crippen MR) is 124 cm³/mol. The van der Waals surface area contributed by atoms with Crippen molar-refractivity contribution in [3.8, 4) is 10.6 Å². The first-order valence-electron chi connectivity index (χ1n) is 11.3. The van der Waals surface area contributed by atoms with Crippen molar-refractivity contribution in [2.45, 2.75) is 18.6 Å². The summed E-state index contributed by atoms with van der Waals surface area (Å²) in [6.07, 6.45) is -0.527. The third-order valence-corrected chi connectivity index (χ3v) is 9.29. The Bertz CT molecular complexity index is 1280. The number of benzene rings is 2. The van der Waals surface area contributed by atoms with Crippen molar-refractivity contribution in [3.05, 3.63) is 60.0 Å². The summed E-state index contributed by atoms with van der Waals surface area (Å²) in [6.45, 7) is -0.269. The molecular weight excluding hydrogens is 456 g/mol. The lowest BCUT2D eigenvalue weighted by Crippen LogP contribution is -2.44. The topological polar surface area (TPSA) is 88.1 Å². The highest BCUT2D eigenvalue weighted by Gasteiger charge is 2.70. The van der Waals surface area contributed by atoms with E-state index in [9.17, 15) is 14.4 Å². The molecule has 7 atom stereocenters. The monoisotopic (exact) mass is 479 g/mol. The van der Waals surface area contributed by atoms with Gasteiger partial charge in [-0.25, -0.2) is 4.79 Å². The molecule has 2 aromatic carbocycles. The molecule has 2 bridgehead atoms. The molecule has 3 fully saturated rings. The lowest BCUT2D eigenvalue weighted by molar-refractivity contribution is -0.166. The van der Waals surface area contributed by atoms with E-state index in [0.29, 0.717) is 12.2 Å².